The zero-order chi connectivity index (χ0) is 15.2. The summed E-state index contributed by atoms with van der Waals surface area (Å²) in [5, 5.41) is 13.6. The van der Waals surface area contributed by atoms with Gasteiger partial charge in [0.1, 0.15) is 24.4 Å². The molecule has 0 aliphatic carbocycles. The van der Waals surface area contributed by atoms with Gasteiger partial charge >= 0.3 is 0 Å². The van der Waals surface area contributed by atoms with Gasteiger partial charge in [0, 0.05) is 12.1 Å². The molecular weight excluding hydrogens is 270 g/mol. The van der Waals surface area contributed by atoms with Crippen LogP contribution in [0.4, 0.5) is 0 Å². The molecule has 1 aromatic carbocycles. The van der Waals surface area contributed by atoms with E-state index in [1.165, 1.54) is 6.33 Å². The fourth-order valence-corrected chi connectivity index (χ4v) is 1.99. The molecule has 0 bridgehead atoms. The van der Waals surface area contributed by atoms with E-state index in [0.29, 0.717) is 29.6 Å². The molecular formula is C15H21N3O3. The predicted molar refractivity (Wildman–Crippen MR) is 78.1 cm³/mol. The van der Waals surface area contributed by atoms with E-state index in [2.05, 4.69) is 23.9 Å². The highest BCUT2D eigenvalue weighted by atomic mass is 16.5. The molecule has 1 N–H and O–H groups in total. The minimum Gasteiger partial charge on any atom is -0.497 e. The molecule has 2 rings (SSSR count). The Morgan fingerprint density at radius 1 is 1.33 bits per heavy atom. The Bertz CT molecular complexity index is 581. The van der Waals surface area contributed by atoms with Crippen LogP contribution in [0.1, 0.15) is 25.2 Å². The van der Waals surface area contributed by atoms with E-state index < -0.39 is 0 Å². The zero-order valence-electron chi connectivity index (χ0n) is 12.6. The molecule has 6 nitrogen and oxygen atoms in total. The van der Waals surface area contributed by atoms with E-state index in [0.717, 1.165) is 12.4 Å². The SMILES string of the molecule is COc1ccc(OCc2ncnn2CC(C)C)c(CO)c1. The van der Waals surface area contributed by atoms with Crippen molar-refractivity contribution in [1.82, 2.24) is 14.8 Å². The summed E-state index contributed by atoms with van der Waals surface area (Å²) in [4.78, 5) is 4.21. The lowest BCUT2D eigenvalue weighted by Gasteiger charge is -2.12. The molecule has 1 heterocycles. The minimum atomic E-state index is -0.106. The largest absolute Gasteiger partial charge is 0.497 e. The van der Waals surface area contributed by atoms with Gasteiger partial charge in [0.15, 0.2) is 5.82 Å². The van der Waals surface area contributed by atoms with Crippen molar-refractivity contribution in [3.63, 3.8) is 0 Å². The van der Waals surface area contributed by atoms with Crippen LogP contribution in [-0.2, 0) is 19.8 Å². The Morgan fingerprint density at radius 3 is 2.81 bits per heavy atom. The Labute approximate surface area is 124 Å². The maximum absolute atomic E-state index is 9.40. The highest BCUT2D eigenvalue weighted by molar-refractivity contribution is 5.39. The molecule has 2 aromatic rings. The summed E-state index contributed by atoms with van der Waals surface area (Å²) in [7, 11) is 1.59. The molecule has 0 radical (unpaired) electrons. The van der Waals surface area contributed by atoms with Crippen LogP contribution < -0.4 is 9.47 Å². The van der Waals surface area contributed by atoms with Crippen LogP contribution in [0.2, 0.25) is 0 Å². The molecule has 0 saturated carbocycles. The number of ether oxygens (including phenoxy) is 2. The Hall–Kier alpha value is -2.08. The summed E-state index contributed by atoms with van der Waals surface area (Å²) >= 11 is 0. The van der Waals surface area contributed by atoms with Crippen molar-refractivity contribution in [2.75, 3.05) is 7.11 Å². The monoisotopic (exact) mass is 291 g/mol. The van der Waals surface area contributed by atoms with Crippen LogP contribution >= 0.6 is 0 Å². The van der Waals surface area contributed by atoms with Crippen molar-refractivity contribution in [3.05, 3.63) is 35.9 Å². The quantitative estimate of drug-likeness (QED) is 0.845. The fourth-order valence-electron chi connectivity index (χ4n) is 1.99. The summed E-state index contributed by atoms with van der Waals surface area (Å²) in [5.74, 6) is 2.56. The third-order valence-electron chi connectivity index (χ3n) is 3.03. The average molecular weight is 291 g/mol. The van der Waals surface area contributed by atoms with Crippen molar-refractivity contribution >= 4 is 0 Å². The molecule has 0 unspecified atom stereocenters. The maximum atomic E-state index is 9.40. The van der Waals surface area contributed by atoms with Crippen LogP contribution in [0.25, 0.3) is 0 Å². The summed E-state index contributed by atoms with van der Waals surface area (Å²) in [6, 6.07) is 5.34. The average Bonchev–Trinajstić information content (AvgIpc) is 2.91. The Kier molecular flexibility index (Phi) is 5.16. The zero-order valence-corrected chi connectivity index (χ0v) is 12.6. The van der Waals surface area contributed by atoms with Gasteiger partial charge in [0.05, 0.1) is 13.7 Å². The lowest BCUT2D eigenvalue weighted by molar-refractivity contribution is 0.250. The predicted octanol–water partition coefficient (Wildman–Crippen LogP) is 2.01. The maximum Gasteiger partial charge on any atom is 0.164 e. The van der Waals surface area contributed by atoms with E-state index in [4.69, 9.17) is 9.47 Å². The third-order valence-corrected chi connectivity index (χ3v) is 3.03. The summed E-state index contributed by atoms with van der Waals surface area (Å²) < 4.78 is 12.7. The number of hydrogen-bond acceptors (Lipinski definition) is 5. The van der Waals surface area contributed by atoms with Gasteiger partial charge in [-0.05, 0) is 24.1 Å². The normalized spacial score (nSPS) is 10.9. The van der Waals surface area contributed by atoms with Gasteiger partial charge in [-0.2, -0.15) is 5.10 Å². The molecule has 21 heavy (non-hydrogen) atoms. The van der Waals surface area contributed by atoms with Gasteiger partial charge in [0.2, 0.25) is 0 Å². The second-order valence-corrected chi connectivity index (χ2v) is 5.17. The van der Waals surface area contributed by atoms with Crippen LogP contribution in [-0.4, -0.2) is 27.0 Å². The molecule has 1 aromatic heterocycles. The van der Waals surface area contributed by atoms with E-state index in [1.807, 2.05) is 4.68 Å². The van der Waals surface area contributed by atoms with Crippen LogP contribution in [0.15, 0.2) is 24.5 Å². The van der Waals surface area contributed by atoms with E-state index in [9.17, 15) is 5.11 Å². The first-order chi connectivity index (χ1) is 10.1. The molecule has 0 fully saturated rings. The number of rotatable bonds is 7. The van der Waals surface area contributed by atoms with Crippen LogP contribution in [0, 0.1) is 5.92 Å². The van der Waals surface area contributed by atoms with Crippen molar-refractivity contribution in [2.45, 2.75) is 33.6 Å². The molecule has 0 spiro atoms. The van der Waals surface area contributed by atoms with Gasteiger partial charge < -0.3 is 14.6 Å². The minimum absolute atomic E-state index is 0.106. The smallest absolute Gasteiger partial charge is 0.164 e. The number of methoxy groups -OCH3 is 1. The fraction of sp³-hybridized carbons (Fsp3) is 0.467. The van der Waals surface area contributed by atoms with Crippen molar-refractivity contribution < 1.29 is 14.6 Å². The number of aromatic nitrogens is 3. The third kappa shape index (κ3) is 3.95. The van der Waals surface area contributed by atoms with Gasteiger partial charge in [0.25, 0.3) is 0 Å². The molecule has 0 aliphatic heterocycles. The van der Waals surface area contributed by atoms with E-state index in [-0.39, 0.29) is 6.61 Å². The van der Waals surface area contributed by atoms with Crippen molar-refractivity contribution in [3.8, 4) is 11.5 Å². The number of aliphatic hydroxyl groups excluding tert-OH is 1. The van der Waals surface area contributed by atoms with Gasteiger partial charge in [-0.15, -0.1) is 0 Å². The van der Waals surface area contributed by atoms with Crippen LogP contribution in [0.3, 0.4) is 0 Å². The standard InChI is InChI=1S/C15H21N3O3/c1-11(2)7-18-15(16-10-17-18)9-21-14-5-4-13(20-3)6-12(14)8-19/h4-6,10-11,19H,7-9H2,1-3H3. The summed E-state index contributed by atoms with van der Waals surface area (Å²) in [6.45, 7) is 5.25. The summed E-state index contributed by atoms with van der Waals surface area (Å²) in [5.41, 5.74) is 0.685. The van der Waals surface area contributed by atoms with Gasteiger partial charge in [-0.1, -0.05) is 13.8 Å². The highest BCUT2D eigenvalue weighted by Gasteiger charge is 2.09. The molecule has 0 atom stereocenters. The molecule has 0 amide bonds. The van der Waals surface area contributed by atoms with E-state index >= 15 is 0 Å². The lowest BCUT2D eigenvalue weighted by Crippen LogP contribution is -2.12. The van der Waals surface area contributed by atoms with Crippen molar-refractivity contribution in [2.24, 2.45) is 5.92 Å². The van der Waals surface area contributed by atoms with Gasteiger partial charge in [-0.3, -0.25) is 0 Å². The number of aliphatic hydroxyl groups is 1. The number of nitrogens with zero attached hydrogens (tertiary/aromatic N) is 3. The second kappa shape index (κ2) is 7.08. The van der Waals surface area contributed by atoms with Crippen LogP contribution in [0.5, 0.6) is 11.5 Å². The molecule has 114 valence electrons. The molecule has 0 saturated heterocycles. The topological polar surface area (TPSA) is 69.4 Å². The first kappa shape index (κ1) is 15.3. The highest BCUT2D eigenvalue weighted by Crippen LogP contribution is 2.24. The first-order valence-electron chi connectivity index (χ1n) is 6.91. The Balaban J connectivity index is 2.08. The number of benzene rings is 1. The van der Waals surface area contributed by atoms with Gasteiger partial charge in [-0.25, -0.2) is 9.67 Å². The first-order valence-corrected chi connectivity index (χ1v) is 6.91. The summed E-state index contributed by atoms with van der Waals surface area (Å²) in [6.07, 6.45) is 1.53. The molecule has 0 aliphatic rings. The molecule has 6 heteroatoms. The Morgan fingerprint density at radius 2 is 2.14 bits per heavy atom. The number of hydrogen-bond donors (Lipinski definition) is 1. The van der Waals surface area contributed by atoms with E-state index in [1.54, 1.807) is 25.3 Å². The van der Waals surface area contributed by atoms with Crippen molar-refractivity contribution in [1.29, 1.82) is 0 Å². The lowest BCUT2D eigenvalue weighted by atomic mass is 10.2. The second-order valence-electron chi connectivity index (χ2n) is 5.17.